The lowest BCUT2D eigenvalue weighted by atomic mass is 10.0. The van der Waals surface area contributed by atoms with Gasteiger partial charge < -0.3 is 14.2 Å². The Bertz CT molecular complexity index is 796. The molecule has 0 spiro atoms. The van der Waals surface area contributed by atoms with Crippen LogP contribution < -0.4 is 0 Å². The van der Waals surface area contributed by atoms with E-state index in [1.807, 2.05) is 0 Å². The topological polar surface area (TPSA) is 78.9 Å². The van der Waals surface area contributed by atoms with E-state index in [2.05, 4.69) is 27.7 Å². The summed E-state index contributed by atoms with van der Waals surface area (Å²) in [7, 11) is 0. The Kier molecular flexibility index (Phi) is 40.3. The molecule has 0 unspecified atom stereocenters. The minimum Gasteiger partial charge on any atom is -0.462 e. The van der Waals surface area contributed by atoms with Crippen molar-refractivity contribution in [1.82, 2.24) is 0 Å². The van der Waals surface area contributed by atoms with Gasteiger partial charge in [-0.3, -0.25) is 14.4 Å². The summed E-state index contributed by atoms with van der Waals surface area (Å²) in [6, 6.07) is 0. The highest BCUT2D eigenvalue weighted by Crippen LogP contribution is 2.16. The van der Waals surface area contributed by atoms with E-state index in [9.17, 15) is 14.4 Å². The summed E-state index contributed by atoms with van der Waals surface area (Å²) < 4.78 is 16.6. The Morgan fingerprint density at radius 3 is 0.925 bits per heavy atom. The van der Waals surface area contributed by atoms with Crippen LogP contribution in [0.5, 0.6) is 0 Å². The van der Waals surface area contributed by atoms with Crippen molar-refractivity contribution < 1.29 is 28.6 Å². The molecule has 314 valence electrons. The van der Waals surface area contributed by atoms with Gasteiger partial charge in [0.2, 0.25) is 0 Å². The number of ether oxygens (including phenoxy) is 3. The molecule has 0 N–H and O–H groups in total. The summed E-state index contributed by atoms with van der Waals surface area (Å²) in [4.78, 5) is 37.5. The predicted molar refractivity (Wildman–Crippen MR) is 224 cm³/mol. The summed E-state index contributed by atoms with van der Waals surface area (Å²) in [6.45, 7) is 8.93. The van der Waals surface area contributed by atoms with Gasteiger partial charge >= 0.3 is 17.9 Å². The molecule has 0 aromatic rings. The molecule has 0 fully saturated rings. The maximum atomic E-state index is 12.7. The van der Waals surface area contributed by atoms with Crippen molar-refractivity contribution in [2.45, 2.75) is 265 Å². The Morgan fingerprint density at radius 2 is 0.623 bits per heavy atom. The third-order valence-corrected chi connectivity index (χ3v) is 10.5. The van der Waals surface area contributed by atoms with Gasteiger partial charge in [-0.1, -0.05) is 220 Å². The highest BCUT2D eigenvalue weighted by atomic mass is 16.6. The van der Waals surface area contributed by atoms with Crippen LogP contribution in [0, 0.1) is 5.92 Å². The molecule has 6 heteroatoms. The standard InChI is InChI=1S/C47H90O6/c1-5-7-9-11-12-13-20-24-27-31-35-39-46(49)52-42-44(41-51-45(48)38-34-29-10-8-6-2)53-47(50)40-36-32-28-25-22-19-17-15-14-16-18-21-23-26-30-33-37-43(3)4/h43-44H,5-42H2,1-4H3/t44-/m1/s1. The molecule has 0 aliphatic rings. The first-order chi connectivity index (χ1) is 25.9. The molecule has 0 saturated carbocycles. The second-order valence-electron chi connectivity index (χ2n) is 16.5. The van der Waals surface area contributed by atoms with Gasteiger partial charge in [0.05, 0.1) is 0 Å². The Balaban J connectivity index is 4.12. The summed E-state index contributed by atoms with van der Waals surface area (Å²) in [6.07, 6.45) is 41.2. The zero-order chi connectivity index (χ0) is 38.9. The number of rotatable bonds is 42. The average Bonchev–Trinajstić information content (AvgIpc) is 3.14. The molecule has 0 aromatic carbocycles. The molecular weight excluding hydrogens is 661 g/mol. The maximum absolute atomic E-state index is 12.7. The van der Waals surface area contributed by atoms with E-state index in [-0.39, 0.29) is 31.1 Å². The monoisotopic (exact) mass is 751 g/mol. The Labute approximate surface area is 329 Å². The highest BCUT2D eigenvalue weighted by molar-refractivity contribution is 5.71. The van der Waals surface area contributed by atoms with Crippen molar-refractivity contribution in [2.75, 3.05) is 13.2 Å². The van der Waals surface area contributed by atoms with Crippen LogP contribution in [0.25, 0.3) is 0 Å². The van der Waals surface area contributed by atoms with Gasteiger partial charge in [0.15, 0.2) is 6.10 Å². The Morgan fingerprint density at radius 1 is 0.358 bits per heavy atom. The molecule has 0 aliphatic heterocycles. The number of hydrogen-bond donors (Lipinski definition) is 0. The first-order valence-electron chi connectivity index (χ1n) is 23.4. The highest BCUT2D eigenvalue weighted by Gasteiger charge is 2.19. The van der Waals surface area contributed by atoms with E-state index in [0.717, 1.165) is 70.1 Å². The maximum Gasteiger partial charge on any atom is 0.306 e. The molecule has 0 bridgehead atoms. The largest absolute Gasteiger partial charge is 0.462 e. The second kappa shape index (κ2) is 41.6. The number of esters is 3. The fourth-order valence-electron chi connectivity index (χ4n) is 6.98. The molecule has 0 aromatic heterocycles. The number of unbranched alkanes of at least 4 members (excludes halogenated alkanes) is 29. The molecule has 6 nitrogen and oxygen atoms in total. The second-order valence-corrected chi connectivity index (χ2v) is 16.5. The summed E-state index contributed by atoms with van der Waals surface area (Å²) in [5, 5.41) is 0. The van der Waals surface area contributed by atoms with Crippen LogP contribution in [-0.2, 0) is 28.6 Å². The number of carbonyl (C=O) groups is 3. The van der Waals surface area contributed by atoms with Crippen LogP contribution in [0.2, 0.25) is 0 Å². The number of carbonyl (C=O) groups excluding carboxylic acids is 3. The third kappa shape index (κ3) is 41.4. The van der Waals surface area contributed by atoms with Crippen LogP contribution in [0.4, 0.5) is 0 Å². The average molecular weight is 751 g/mol. The summed E-state index contributed by atoms with van der Waals surface area (Å²) >= 11 is 0. The van der Waals surface area contributed by atoms with Gasteiger partial charge in [-0.05, 0) is 25.2 Å². The molecule has 0 radical (unpaired) electrons. The first-order valence-corrected chi connectivity index (χ1v) is 23.4. The minimum absolute atomic E-state index is 0.0645. The van der Waals surface area contributed by atoms with Crippen molar-refractivity contribution in [3.05, 3.63) is 0 Å². The molecule has 53 heavy (non-hydrogen) atoms. The van der Waals surface area contributed by atoms with Gasteiger partial charge in [-0.2, -0.15) is 0 Å². The quantitative estimate of drug-likeness (QED) is 0.0351. The van der Waals surface area contributed by atoms with Crippen molar-refractivity contribution >= 4 is 17.9 Å². The van der Waals surface area contributed by atoms with Crippen molar-refractivity contribution in [1.29, 1.82) is 0 Å². The predicted octanol–water partition coefficient (Wildman–Crippen LogP) is 14.7. The molecular formula is C47H90O6. The van der Waals surface area contributed by atoms with Crippen molar-refractivity contribution in [3.63, 3.8) is 0 Å². The number of hydrogen-bond acceptors (Lipinski definition) is 6. The van der Waals surface area contributed by atoms with Gasteiger partial charge in [-0.25, -0.2) is 0 Å². The minimum atomic E-state index is -0.757. The van der Waals surface area contributed by atoms with Crippen molar-refractivity contribution in [3.8, 4) is 0 Å². The molecule has 0 rings (SSSR count). The molecule has 0 amide bonds. The van der Waals surface area contributed by atoms with Gasteiger partial charge in [0, 0.05) is 19.3 Å². The van der Waals surface area contributed by atoms with Gasteiger partial charge in [-0.15, -0.1) is 0 Å². The zero-order valence-corrected chi connectivity index (χ0v) is 36.0. The van der Waals surface area contributed by atoms with Crippen LogP contribution in [-0.4, -0.2) is 37.2 Å². The van der Waals surface area contributed by atoms with Crippen LogP contribution in [0.3, 0.4) is 0 Å². The third-order valence-electron chi connectivity index (χ3n) is 10.5. The van der Waals surface area contributed by atoms with E-state index < -0.39 is 6.10 Å². The van der Waals surface area contributed by atoms with E-state index >= 15 is 0 Å². The lowest BCUT2D eigenvalue weighted by Crippen LogP contribution is -2.30. The molecule has 0 heterocycles. The molecule has 1 atom stereocenters. The van der Waals surface area contributed by atoms with Crippen LogP contribution in [0.15, 0.2) is 0 Å². The fourth-order valence-corrected chi connectivity index (χ4v) is 6.98. The van der Waals surface area contributed by atoms with E-state index in [1.165, 1.54) is 148 Å². The van der Waals surface area contributed by atoms with E-state index in [1.54, 1.807) is 0 Å². The smallest absolute Gasteiger partial charge is 0.306 e. The summed E-state index contributed by atoms with van der Waals surface area (Å²) in [5.74, 6) is -0.0149. The SMILES string of the molecule is CCCCCCCCCCCCCC(=O)OC[C@@H](COC(=O)CCCCCCC)OC(=O)CCCCCCCCCCCCCCCCCCC(C)C. The molecule has 0 saturated heterocycles. The van der Waals surface area contributed by atoms with E-state index in [4.69, 9.17) is 14.2 Å². The van der Waals surface area contributed by atoms with Crippen LogP contribution in [0.1, 0.15) is 259 Å². The zero-order valence-electron chi connectivity index (χ0n) is 36.0. The lowest BCUT2D eigenvalue weighted by Gasteiger charge is -2.18. The van der Waals surface area contributed by atoms with Crippen LogP contribution >= 0.6 is 0 Å². The summed E-state index contributed by atoms with van der Waals surface area (Å²) in [5.41, 5.74) is 0. The lowest BCUT2D eigenvalue weighted by molar-refractivity contribution is -0.167. The van der Waals surface area contributed by atoms with Crippen molar-refractivity contribution in [2.24, 2.45) is 5.92 Å². The normalized spacial score (nSPS) is 11.9. The first kappa shape index (κ1) is 51.4. The molecule has 0 aliphatic carbocycles. The van der Waals surface area contributed by atoms with Gasteiger partial charge in [0.25, 0.3) is 0 Å². The van der Waals surface area contributed by atoms with E-state index in [0.29, 0.717) is 19.3 Å². The Hall–Kier alpha value is -1.59. The fraction of sp³-hybridized carbons (Fsp3) is 0.936. The van der Waals surface area contributed by atoms with Gasteiger partial charge in [0.1, 0.15) is 13.2 Å².